The Labute approximate surface area is 129 Å². The monoisotopic (exact) mass is 331 g/mol. The van der Waals surface area contributed by atoms with E-state index in [2.05, 4.69) is 0 Å². The average molecular weight is 332 g/mol. The first-order chi connectivity index (χ1) is 10.1. The van der Waals surface area contributed by atoms with Crippen molar-refractivity contribution in [3.8, 4) is 0 Å². The third kappa shape index (κ3) is 2.59. The van der Waals surface area contributed by atoms with E-state index in [9.17, 15) is 8.42 Å². The van der Waals surface area contributed by atoms with Crippen LogP contribution in [0.15, 0.2) is 29.2 Å². The van der Waals surface area contributed by atoms with Crippen LogP contribution in [0, 0.1) is 0 Å². The van der Waals surface area contributed by atoms with Crippen molar-refractivity contribution in [1.29, 1.82) is 0 Å². The molecular formula is C14H18ClNO4S. The molecule has 2 aliphatic heterocycles. The maximum Gasteiger partial charge on any atom is 0.243 e. The van der Waals surface area contributed by atoms with Crippen LogP contribution in [0.4, 0.5) is 0 Å². The summed E-state index contributed by atoms with van der Waals surface area (Å²) in [5.74, 6) is -0.425. The Hall–Kier alpha value is -0.660. The lowest BCUT2D eigenvalue weighted by atomic mass is 10.1. The van der Waals surface area contributed by atoms with Gasteiger partial charge >= 0.3 is 0 Å². The Bertz CT molecular complexity index is 613. The number of rotatable bonds is 4. The summed E-state index contributed by atoms with van der Waals surface area (Å²) in [7, 11) is -3.50. The number of sulfonamides is 1. The van der Waals surface area contributed by atoms with Crippen molar-refractivity contribution in [2.24, 2.45) is 0 Å². The Kier molecular flexibility index (Phi) is 4.25. The standard InChI is InChI=1S/C14H18ClNO4S/c15-7-3-4-8-16-11-14(19-9-10-20-14)12-5-1-2-6-13(12)21(16,17)18/h1-2,5-6H,3-4,7-11H2. The smallest absolute Gasteiger partial charge is 0.243 e. The average Bonchev–Trinajstić information content (AvgIpc) is 2.95. The van der Waals surface area contributed by atoms with Crippen LogP contribution in [-0.2, 0) is 25.3 Å². The summed E-state index contributed by atoms with van der Waals surface area (Å²) in [6.45, 7) is 1.58. The highest BCUT2D eigenvalue weighted by Crippen LogP contribution is 2.41. The van der Waals surface area contributed by atoms with E-state index in [1.54, 1.807) is 18.2 Å². The lowest BCUT2D eigenvalue weighted by Gasteiger charge is -2.39. The first-order valence-corrected chi connectivity index (χ1v) is 9.01. The molecule has 0 unspecified atom stereocenters. The van der Waals surface area contributed by atoms with Gasteiger partial charge in [-0.1, -0.05) is 18.2 Å². The molecule has 7 heteroatoms. The predicted molar refractivity (Wildman–Crippen MR) is 78.7 cm³/mol. The third-order valence-electron chi connectivity index (χ3n) is 3.84. The van der Waals surface area contributed by atoms with Crippen LogP contribution < -0.4 is 0 Å². The van der Waals surface area contributed by atoms with Crippen molar-refractivity contribution in [3.63, 3.8) is 0 Å². The number of hydrogen-bond donors (Lipinski definition) is 0. The van der Waals surface area contributed by atoms with E-state index in [0.29, 0.717) is 31.2 Å². The minimum atomic E-state index is -3.50. The maximum atomic E-state index is 12.7. The molecule has 0 amide bonds. The Morgan fingerprint density at radius 3 is 2.62 bits per heavy atom. The van der Waals surface area contributed by atoms with Crippen LogP contribution in [0.3, 0.4) is 0 Å². The van der Waals surface area contributed by atoms with Gasteiger partial charge in [-0.15, -0.1) is 11.6 Å². The molecule has 0 saturated carbocycles. The van der Waals surface area contributed by atoms with Crippen LogP contribution in [0.25, 0.3) is 0 Å². The number of halogens is 1. The summed E-state index contributed by atoms with van der Waals surface area (Å²) in [5, 5.41) is 0. The van der Waals surface area contributed by atoms with Crippen LogP contribution in [0.1, 0.15) is 18.4 Å². The molecule has 0 aliphatic carbocycles. The fourth-order valence-corrected chi connectivity index (χ4v) is 4.76. The van der Waals surface area contributed by atoms with Crippen molar-refractivity contribution >= 4 is 21.6 Å². The SMILES string of the molecule is O=S1(=O)c2ccccc2C2(CN1CCCCCl)OCCO2. The van der Waals surface area contributed by atoms with E-state index in [0.717, 1.165) is 12.8 Å². The van der Waals surface area contributed by atoms with E-state index >= 15 is 0 Å². The van der Waals surface area contributed by atoms with Gasteiger partial charge in [-0.25, -0.2) is 8.42 Å². The number of benzene rings is 1. The minimum Gasteiger partial charge on any atom is -0.342 e. The molecule has 0 N–H and O–H groups in total. The van der Waals surface area contributed by atoms with Gasteiger partial charge in [-0.05, 0) is 18.9 Å². The van der Waals surface area contributed by atoms with Crippen LogP contribution in [0.5, 0.6) is 0 Å². The van der Waals surface area contributed by atoms with Crippen molar-refractivity contribution in [2.45, 2.75) is 23.5 Å². The fourth-order valence-electron chi connectivity index (χ4n) is 2.83. The molecule has 1 fully saturated rings. The van der Waals surface area contributed by atoms with Crippen LogP contribution >= 0.6 is 11.6 Å². The summed E-state index contributed by atoms with van der Waals surface area (Å²) >= 11 is 5.67. The van der Waals surface area contributed by atoms with E-state index in [-0.39, 0.29) is 11.4 Å². The second-order valence-electron chi connectivity index (χ2n) is 5.18. The minimum absolute atomic E-state index is 0.203. The van der Waals surface area contributed by atoms with Gasteiger partial charge < -0.3 is 9.47 Å². The molecule has 116 valence electrons. The van der Waals surface area contributed by atoms with Crippen LogP contribution in [0.2, 0.25) is 0 Å². The molecule has 0 atom stereocenters. The highest BCUT2D eigenvalue weighted by molar-refractivity contribution is 7.89. The third-order valence-corrected chi connectivity index (χ3v) is 6.02. The Morgan fingerprint density at radius 2 is 1.90 bits per heavy atom. The van der Waals surface area contributed by atoms with Crippen molar-refractivity contribution < 1.29 is 17.9 Å². The van der Waals surface area contributed by atoms with Gasteiger partial charge in [0.1, 0.15) is 0 Å². The summed E-state index contributed by atoms with van der Waals surface area (Å²) in [5.41, 5.74) is 0.607. The molecule has 5 nitrogen and oxygen atoms in total. The zero-order valence-corrected chi connectivity index (χ0v) is 13.2. The number of alkyl halides is 1. The van der Waals surface area contributed by atoms with Gasteiger partial charge in [0.25, 0.3) is 0 Å². The first-order valence-electron chi connectivity index (χ1n) is 7.04. The molecule has 1 aromatic rings. The number of ether oxygens (including phenoxy) is 2. The molecule has 0 aromatic heterocycles. The number of nitrogens with zero attached hydrogens (tertiary/aromatic N) is 1. The molecule has 1 aromatic carbocycles. The highest BCUT2D eigenvalue weighted by Gasteiger charge is 2.50. The number of unbranched alkanes of at least 4 members (excludes halogenated alkanes) is 1. The molecule has 0 bridgehead atoms. The second-order valence-corrected chi connectivity index (χ2v) is 7.46. The van der Waals surface area contributed by atoms with Gasteiger partial charge in [0.15, 0.2) is 0 Å². The molecule has 3 rings (SSSR count). The normalized spacial score (nSPS) is 23.3. The van der Waals surface area contributed by atoms with Gasteiger partial charge in [0.2, 0.25) is 15.8 Å². The number of hydrogen-bond acceptors (Lipinski definition) is 4. The Morgan fingerprint density at radius 1 is 1.19 bits per heavy atom. The largest absolute Gasteiger partial charge is 0.342 e. The molecule has 1 spiro atoms. The topological polar surface area (TPSA) is 55.8 Å². The van der Waals surface area contributed by atoms with Gasteiger partial charge in [-0.2, -0.15) is 4.31 Å². The predicted octanol–water partition coefficient (Wildman–Crippen LogP) is 1.91. The molecule has 2 heterocycles. The summed E-state index contributed by atoms with van der Waals surface area (Å²) in [6.07, 6.45) is 1.50. The zero-order chi connectivity index (χ0) is 14.9. The van der Waals surface area contributed by atoms with Gasteiger partial charge in [0, 0.05) is 18.0 Å². The van der Waals surface area contributed by atoms with E-state index in [4.69, 9.17) is 21.1 Å². The zero-order valence-electron chi connectivity index (χ0n) is 11.6. The fraction of sp³-hybridized carbons (Fsp3) is 0.571. The van der Waals surface area contributed by atoms with Crippen molar-refractivity contribution in [3.05, 3.63) is 29.8 Å². The van der Waals surface area contributed by atoms with E-state index in [1.165, 1.54) is 4.31 Å². The quantitative estimate of drug-likeness (QED) is 0.624. The molecule has 0 radical (unpaired) electrons. The summed E-state index contributed by atoms with van der Waals surface area (Å²) in [4.78, 5) is 0.282. The summed E-state index contributed by atoms with van der Waals surface area (Å²) < 4.78 is 38.5. The lowest BCUT2D eigenvalue weighted by Crippen LogP contribution is -2.50. The molecule has 1 saturated heterocycles. The highest BCUT2D eigenvalue weighted by atomic mass is 35.5. The van der Waals surface area contributed by atoms with Gasteiger partial charge in [-0.3, -0.25) is 0 Å². The van der Waals surface area contributed by atoms with Crippen LogP contribution in [-0.4, -0.2) is 44.9 Å². The van der Waals surface area contributed by atoms with E-state index in [1.807, 2.05) is 6.07 Å². The number of fused-ring (bicyclic) bond motifs is 2. The van der Waals surface area contributed by atoms with Gasteiger partial charge in [0.05, 0.1) is 24.7 Å². The van der Waals surface area contributed by atoms with Crippen molar-refractivity contribution in [2.75, 3.05) is 32.2 Å². The molecule has 2 aliphatic rings. The maximum absolute atomic E-state index is 12.7. The first kappa shape index (κ1) is 15.2. The summed E-state index contributed by atoms with van der Waals surface area (Å²) in [6, 6.07) is 6.92. The van der Waals surface area contributed by atoms with E-state index < -0.39 is 15.8 Å². The second kappa shape index (κ2) is 5.85. The molecular weight excluding hydrogens is 314 g/mol. The lowest BCUT2D eigenvalue weighted by molar-refractivity contribution is -0.176. The molecule has 21 heavy (non-hydrogen) atoms. The Balaban J connectivity index is 2.00. The van der Waals surface area contributed by atoms with Crippen molar-refractivity contribution in [1.82, 2.24) is 4.31 Å².